The van der Waals surface area contributed by atoms with Gasteiger partial charge in [0.1, 0.15) is 5.75 Å². The Morgan fingerprint density at radius 2 is 1.62 bits per heavy atom. The standard InChI is InChI=1S/C14H7Cl2I3O2/c15-9-2-1-7(3-10(9)16)13(20)6-21-14-11(18)4-8(17)5-12(14)19/h1-5H,6H2. The highest BCUT2D eigenvalue weighted by Gasteiger charge is 2.13. The Kier molecular flexibility index (Phi) is 6.85. The highest BCUT2D eigenvalue weighted by molar-refractivity contribution is 14.1. The number of hydrogen-bond acceptors (Lipinski definition) is 2. The first kappa shape index (κ1) is 18.0. The average Bonchev–Trinajstić information content (AvgIpc) is 2.40. The molecule has 110 valence electrons. The maximum absolute atomic E-state index is 12.1. The summed E-state index contributed by atoms with van der Waals surface area (Å²) in [6.07, 6.45) is 0. The van der Waals surface area contributed by atoms with Gasteiger partial charge in [-0.2, -0.15) is 0 Å². The van der Waals surface area contributed by atoms with Crippen molar-refractivity contribution < 1.29 is 9.53 Å². The summed E-state index contributed by atoms with van der Waals surface area (Å²) < 4.78 is 8.75. The van der Waals surface area contributed by atoms with E-state index in [-0.39, 0.29) is 12.4 Å². The number of ketones is 1. The number of halogens is 5. The van der Waals surface area contributed by atoms with Gasteiger partial charge in [0.05, 0.1) is 17.2 Å². The maximum atomic E-state index is 12.1. The molecule has 7 heteroatoms. The third-order valence-corrected chi connectivity index (χ3v) is 5.52. The summed E-state index contributed by atoms with van der Waals surface area (Å²) in [7, 11) is 0. The van der Waals surface area contributed by atoms with Gasteiger partial charge in [0.2, 0.25) is 0 Å². The molecule has 0 radical (unpaired) electrons. The summed E-state index contributed by atoms with van der Waals surface area (Å²) in [6.45, 7) is -0.0371. The topological polar surface area (TPSA) is 26.3 Å². The van der Waals surface area contributed by atoms with Crippen LogP contribution in [0.3, 0.4) is 0 Å². The van der Waals surface area contributed by atoms with E-state index in [0.717, 1.165) is 16.5 Å². The van der Waals surface area contributed by atoms with Crippen molar-refractivity contribution >= 4 is 96.8 Å². The van der Waals surface area contributed by atoms with Crippen molar-refractivity contribution in [3.63, 3.8) is 0 Å². The van der Waals surface area contributed by atoms with E-state index in [9.17, 15) is 4.79 Å². The molecule has 21 heavy (non-hydrogen) atoms. The lowest BCUT2D eigenvalue weighted by Crippen LogP contribution is -2.13. The third kappa shape index (κ3) is 4.82. The molecule has 0 aliphatic carbocycles. The van der Waals surface area contributed by atoms with E-state index >= 15 is 0 Å². The number of Topliss-reactive ketones (excluding diaryl/α,β-unsaturated/α-hetero) is 1. The molecule has 0 unspecified atom stereocenters. The van der Waals surface area contributed by atoms with Crippen LogP contribution in [0.15, 0.2) is 30.3 Å². The first-order valence-electron chi connectivity index (χ1n) is 5.64. The fraction of sp³-hybridized carbons (Fsp3) is 0.0714. The Bertz CT molecular complexity index is 682. The molecule has 2 aromatic rings. The monoisotopic (exact) mass is 658 g/mol. The number of carbonyl (C=O) groups excluding carboxylic acids is 1. The second-order valence-electron chi connectivity index (χ2n) is 4.04. The van der Waals surface area contributed by atoms with Gasteiger partial charge in [-0.1, -0.05) is 23.2 Å². The van der Waals surface area contributed by atoms with Crippen LogP contribution in [-0.4, -0.2) is 12.4 Å². The summed E-state index contributed by atoms with van der Waals surface area (Å²) in [6, 6.07) is 8.81. The van der Waals surface area contributed by atoms with Gasteiger partial charge in [0, 0.05) is 9.13 Å². The molecule has 0 N–H and O–H groups in total. The van der Waals surface area contributed by atoms with Crippen LogP contribution in [0.2, 0.25) is 10.0 Å². The molecular weight excluding hydrogens is 652 g/mol. The van der Waals surface area contributed by atoms with Crippen LogP contribution in [0.1, 0.15) is 10.4 Å². The van der Waals surface area contributed by atoms with E-state index in [1.165, 1.54) is 0 Å². The van der Waals surface area contributed by atoms with Crippen LogP contribution in [-0.2, 0) is 0 Å². The first-order chi connectivity index (χ1) is 9.88. The van der Waals surface area contributed by atoms with Gasteiger partial charge < -0.3 is 4.74 Å². The molecule has 2 nitrogen and oxygen atoms in total. The number of hydrogen-bond donors (Lipinski definition) is 0. The van der Waals surface area contributed by atoms with Crippen LogP contribution < -0.4 is 4.74 Å². The molecular formula is C14H7Cl2I3O2. The van der Waals surface area contributed by atoms with Crippen molar-refractivity contribution in [1.29, 1.82) is 0 Å². The van der Waals surface area contributed by atoms with E-state index in [0.29, 0.717) is 15.6 Å². The molecule has 2 aromatic carbocycles. The Morgan fingerprint density at radius 1 is 1.00 bits per heavy atom. The predicted octanol–water partition coefficient (Wildman–Crippen LogP) is 6.07. The molecule has 0 atom stereocenters. The molecule has 0 amide bonds. The minimum atomic E-state index is -0.140. The zero-order valence-corrected chi connectivity index (χ0v) is 18.3. The lowest BCUT2D eigenvalue weighted by Gasteiger charge is -2.10. The van der Waals surface area contributed by atoms with Crippen molar-refractivity contribution in [3.05, 3.63) is 56.7 Å². The van der Waals surface area contributed by atoms with Gasteiger partial charge in [0.15, 0.2) is 12.4 Å². The zero-order chi connectivity index (χ0) is 15.6. The predicted molar refractivity (Wildman–Crippen MR) is 111 cm³/mol. The molecule has 0 fully saturated rings. The summed E-state index contributed by atoms with van der Waals surface area (Å²) >= 11 is 18.4. The van der Waals surface area contributed by atoms with Crippen molar-refractivity contribution in [2.75, 3.05) is 6.61 Å². The van der Waals surface area contributed by atoms with E-state index < -0.39 is 0 Å². The van der Waals surface area contributed by atoms with E-state index in [2.05, 4.69) is 67.8 Å². The maximum Gasteiger partial charge on any atom is 0.200 e. The highest BCUT2D eigenvalue weighted by Crippen LogP contribution is 2.30. The summed E-state index contributed by atoms with van der Waals surface area (Å²) in [4.78, 5) is 12.1. The van der Waals surface area contributed by atoms with Gasteiger partial charge in [-0.15, -0.1) is 0 Å². The highest BCUT2D eigenvalue weighted by atomic mass is 127. The van der Waals surface area contributed by atoms with Gasteiger partial charge in [0.25, 0.3) is 0 Å². The van der Waals surface area contributed by atoms with Gasteiger partial charge in [-0.05, 0) is 98.1 Å². The number of benzene rings is 2. The van der Waals surface area contributed by atoms with Crippen LogP contribution in [0.25, 0.3) is 0 Å². The Labute approximate surface area is 173 Å². The minimum Gasteiger partial charge on any atom is -0.483 e. The lowest BCUT2D eigenvalue weighted by atomic mass is 10.1. The van der Waals surface area contributed by atoms with Crippen molar-refractivity contribution in [2.24, 2.45) is 0 Å². The Balaban J connectivity index is 2.13. The zero-order valence-electron chi connectivity index (χ0n) is 10.3. The Morgan fingerprint density at radius 3 is 2.19 bits per heavy atom. The van der Waals surface area contributed by atoms with Crippen LogP contribution >= 0.6 is 91.0 Å². The number of rotatable bonds is 4. The van der Waals surface area contributed by atoms with E-state index in [1.807, 2.05) is 12.1 Å². The minimum absolute atomic E-state index is 0.0371. The number of carbonyl (C=O) groups is 1. The van der Waals surface area contributed by atoms with Crippen LogP contribution in [0.5, 0.6) is 5.75 Å². The molecule has 0 aliphatic rings. The second-order valence-corrected chi connectivity index (χ2v) is 8.42. The molecule has 2 rings (SSSR count). The summed E-state index contributed by atoms with van der Waals surface area (Å²) in [5.74, 6) is 0.587. The molecule has 0 bridgehead atoms. The van der Waals surface area contributed by atoms with E-state index in [4.69, 9.17) is 27.9 Å². The Hall–Kier alpha value is 0.680. The average molecular weight is 659 g/mol. The molecule has 0 spiro atoms. The molecule has 0 saturated carbocycles. The summed E-state index contributed by atoms with van der Waals surface area (Å²) in [5.41, 5.74) is 0.486. The largest absolute Gasteiger partial charge is 0.483 e. The fourth-order valence-corrected chi connectivity index (χ4v) is 5.75. The van der Waals surface area contributed by atoms with E-state index in [1.54, 1.807) is 18.2 Å². The van der Waals surface area contributed by atoms with Crippen molar-refractivity contribution in [2.45, 2.75) is 0 Å². The van der Waals surface area contributed by atoms with Crippen LogP contribution in [0, 0.1) is 10.7 Å². The van der Waals surface area contributed by atoms with Gasteiger partial charge in [-0.25, -0.2) is 0 Å². The van der Waals surface area contributed by atoms with Crippen molar-refractivity contribution in [3.8, 4) is 5.75 Å². The molecule has 0 aliphatic heterocycles. The summed E-state index contributed by atoms with van der Waals surface area (Å²) in [5, 5.41) is 0.789. The van der Waals surface area contributed by atoms with Gasteiger partial charge >= 0.3 is 0 Å². The van der Waals surface area contributed by atoms with Crippen molar-refractivity contribution in [1.82, 2.24) is 0 Å². The lowest BCUT2D eigenvalue weighted by molar-refractivity contribution is 0.0920. The number of ether oxygens (including phenoxy) is 1. The first-order valence-corrected chi connectivity index (χ1v) is 9.63. The SMILES string of the molecule is O=C(COc1c(I)cc(I)cc1I)c1ccc(Cl)c(Cl)c1. The molecule has 0 saturated heterocycles. The normalized spacial score (nSPS) is 10.5. The quantitative estimate of drug-likeness (QED) is 0.295. The molecule has 0 heterocycles. The van der Waals surface area contributed by atoms with Crippen LogP contribution in [0.4, 0.5) is 0 Å². The second kappa shape index (κ2) is 7.98. The smallest absolute Gasteiger partial charge is 0.200 e. The molecule has 0 aromatic heterocycles. The third-order valence-electron chi connectivity index (χ3n) is 2.55. The fourth-order valence-electron chi connectivity index (χ4n) is 1.56. The van der Waals surface area contributed by atoms with Gasteiger partial charge in [-0.3, -0.25) is 4.79 Å².